The summed E-state index contributed by atoms with van der Waals surface area (Å²) >= 11 is 3.55. The van der Waals surface area contributed by atoms with Crippen molar-refractivity contribution in [2.75, 3.05) is 24.8 Å². The molecule has 0 radical (unpaired) electrons. The van der Waals surface area contributed by atoms with Gasteiger partial charge in [-0.05, 0) is 29.8 Å². The molecule has 0 aromatic heterocycles. The highest BCUT2D eigenvalue weighted by Crippen LogP contribution is 2.34. The number of nitrogens with one attached hydrogen (secondary N) is 1. The predicted molar refractivity (Wildman–Crippen MR) is 88.1 cm³/mol. The van der Waals surface area contributed by atoms with Crippen molar-refractivity contribution in [1.29, 1.82) is 0 Å². The van der Waals surface area contributed by atoms with Gasteiger partial charge >= 0.3 is 0 Å². The van der Waals surface area contributed by atoms with Crippen molar-refractivity contribution in [3.05, 3.63) is 45.9 Å². The molecule has 5 heteroatoms. The average Bonchev–Trinajstić information content (AvgIpc) is 2.94. The number of benzene rings is 2. The molecule has 1 aliphatic rings. The fourth-order valence-corrected chi connectivity index (χ4v) is 3.10. The van der Waals surface area contributed by atoms with Crippen LogP contribution in [0.1, 0.15) is 11.1 Å². The Morgan fingerprint density at radius 3 is 3.05 bits per heavy atom. The third kappa shape index (κ3) is 2.78. The van der Waals surface area contributed by atoms with E-state index in [9.17, 15) is 0 Å². The van der Waals surface area contributed by atoms with Crippen LogP contribution in [-0.2, 0) is 13.0 Å². The number of fused-ring (bicyclic) bond motifs is 1. The number of hydrogen-bond acceptors (Lipinski definition) is 4. The lowest BCUT2D eigenvalue weighted by Gasteiger charge is -2.14. The van der Waals surface area contributed by atoms with E-state index in [2.05, 4.69) is 33.4 Å². The van der Waals surface area contributed by atoms with E-state index < -0.39 is 0 Å². The fourth-order valence-electron chi connectivity index (χ4n) is 2.54. The minimum Gasteiger partial charge on any atom is -0.495 e. The molecule has 3 rings (SSSR count). The smallest absolute Gasteiger partial charge is 0.143 e. The molecule has 1 aliphatic heterocycles. The van der Waals surface area contributed by atoms with Crippen LogP contribution >= 0.6 is 15.9 Å². The maximum atomic E-state index is 6.07. The zero-order valence-electron chi connectivity index (χ0n) is 11.8. The number of rotatable bonds is 4. The minimum atomic E-state index is 0.618. The lowest BCUT2D eigenvalue weighted by Crippen LogP contribution is -2.05. The van der Waals surface area contributed by atoms with Crippen molar-refractivity contribution in [1.82, 2.24) is 0 Å². The summed E-state index contributed by atoms with van der Waals surface area (Å²) in [5, 5.41) is 3.36. The Morgan fingerprint density at radius 1 is 1.38 bits per heavy atom. The maximum absolute atomic E-state index is 6.07. The molecule has 0 bridgehead atoms. The van der Waals surface area contributed by atoms with Crippen molar-refractivity contribution < 1.29 is 9.47 Å². The standard InChI is InChI=1S/C16H17BrN2O2/c1-20-14-4-2-3-13(15(14)18)19-9-11-8-12(17)7-10-5-6-21-16(10)11/h2-4,7-8,19H,5-6,9,18H2,1H3. The molecular formula is C16H17BrN2O2. The maximum Gasteiger partial charge on any atom is 0.143 e. The van der Waals surface area contributed by atoms with Crippen LogP contribution in [0.5, 0.6) is 11.5 Å². The Morgan fingerprint density at radius 2 is 2.24 bits per heavy atom. The third-order valence-electron chi connectivity index (χ3n) is 3.58. The van der Waals surface area contributed by atoms with Crippen LogP contribution in [0.15, 0.2) is 34.8 Å². The number of halogens is 1. The first kappa shape index (κ1) is 14.1. The van der Waals surface area contributed by atoms with E-state index in [1.54, 1.807) is 7.11 Å². The largest absolute Gasteiger partial charge is 0.495 e. The molecule has 0 amide bonds. The van der Waals surface area contributed by atoms with Crippen LogP contribution in [0, 0.1) is 0 Å². The molecule has 0 saturated carbocycles. The number of methoxy groups -OCH3 is 1. The van der Waals surface area contributed by atoms with Gasteiger partial charge in [0.2, 0.25) is 0 Å². The molecule has 3 N–H and O–H groups in total. The quantitative estimate of drug-likeness (QED) is 0.829. The van der Waals surface area contributed by atoms with Crippen LogP contribution < -0.4 is 20.5 Å². The second-order valence-electron chi connectivity index (χ2n) is 4.93. The van der Waals surface area contributed by atoms with E-state index in [0.29, 0.717) is 18.0 Å². The van der Waals surface area contributed by atoms with Gasteiger partial charge in [0.25, 0.3) is 0 Å². The second-order valence-corrected chi connectivity index (χ2v) is 5.84. The number of nitrogens with two attached hydrogens (primary N) is 1. The molecule has 2 aromatic carbocycles. The average molecular weight is 349 g/mol. The van der Waals surface area contributed by atoms with E-state index in [4.69, 9.17) is 15.2 Å². The molecule has 1 heterocycles. The van der Waals surface area contributed by atoms with Crippen molar-refractivity contribution >= 4 is 27.3 Å². The zero-order valence-corrected chi connectivity index (χ0v) is 13.4. The van der Waals surface area contributed by atoms with Crippen LogP contribution in [0.4, 0.5) is 11.4 Å². The monoisotopic (exact) mass is 348 g/mol. The van der Waals surface area contributed by atoms with Gasteiger partial charge < -0.3 is 20.5 Å². The van der Waals surface area contributed by atoms with E-state index in [1.165, 1.54) is 5.56 Å². The molecule has 0 saturated heterocycles. The fraction of sp³-hybridized carbons (Fsp3) is 0.250. The van der Waals surface area contributed by atoms with Gasteiger partial charge in [0.15, 0.2) is 0 Å². The second kappa shape index (κ2) is 5.85. The van der Waals surface area contributed by atoms with Gasteiger partial charge in [0, 0.05) is 23.0 Å². The van der Waals surface area contributed by atoms with Gasteiger partial charge in [-0.15, -0.1) is 0 Å². The summed E-state index contributed by atoms with van der Waals surface area (Å²) in [5.74, 6) is 1.67. The summed E-state index contributed by atoms with van der Waals surface area (Å²) < 4.78 is 12.0. The Kier molecular flexibility index (Phi) is 3.92. The summed E-state index contributed by atoms with van der Waals surface area (Å²) in [4.78, 5) is 0. The van der Waals surface area contributed by atoms with Gasteiger partial charge in [0.05, 0.1) is 25.1 Å². The molecule has 0 unspecified atom stereocenters. The Hall–Kier alpha value is -1.88. The minimum absolute atomic E-state index is 0.618. The number of ether oxygens (including phenoxy) is 2. The normalized spacial score (nSPS) is 12.7. The Bertz CT molecular complexity index is 674. The molecule has 4 nitrogen and oxygen atoms in total. The predicted octanol–water partition coefficient (Wildman–Crippen LogP) is 3.59. The van der Waals surface area contributed by atoms with Crippen molar-refractivity contribution in [3.8, 4) is 11.5 Å². The number of para-hydroxylation sites is 1. The Balaban J connectivity index is 1.83. The highest BCUT2D eigenvalue weighted by atomic mass is 79.9. The Labute approximate surface area is 132 Å². The summed E-state index contributed by atoms with van der Waals surface area (Å²) in [5.41, 5.74) is 9.93. The molecule has 110 valence electrons. The summed E-state index contributed by atoms with van der Waals surface area (Å²) in [6.07, 6.45) is 0.961. The molecule has 0 fully saturated rings. The van der Waals surface area contributed by atoms with E-state index in [1.807, 2.05) is 18.2 Å². The molecule has 2 aromatic rings. The summed E-state index contributed by atoms with van der Waals surface area (Å²) in [7, 11) is 1.62. The molecule has 21 heavy (non-hydrogen) atoms. The van der Waals surface area contributed by atoms with Crippen molar-refractivity contribution in [3.63, 3.8) is 0 Å². The van der Waals surface area contributed by atoms with E-state index in [-0.39, 0.29) is 0 Å². The highest BCUT2D eigenvalue weighted by Gasteiger charge is 2.17. The molecule has 0 aliphatic carbocycles. The summed E-state index contributed by atoms with van der Waals surface area (Å²) in [6, 6.07) is 9.90. The first-order valence-electron chi connectivity index (χ1n) is 6.79. The van der Waals surface area contributed by atoms with Crippen LogP contribution in [0.25, 0.3) is 0 Å². The van der Waals surface area contributed by atoms with Gasteiger partial charge in [-0.25, -0.2) is 0 Å². The first-order chi connectivity index (χ1) is 10.2. The molecule has 0 spiro atoms. The molecular weight excluding hydrogens is 332 g/mol. The zero-order chi connectivity index (χ0) is 14.8. The van der Waals surface area contributed by atoms with Gasteiger partial charge in [-0.3, -0.25) is 0 Å². The van der Waals surface area contributed by atoms with Crippen molar-refractivity contribution in [2.45, 2.75) is 13.0 Å². The van der Waals surface area contributed by atoms with Gasteiger partial charge in [0.1, 0.15) is 11.5 Å². The van der Waals surface area contributed by atoms with Gasteiger partial charge in [-0.1, -0.05) is 22.0 Å². The van der Waals surface area contributed by atoms with Crippen LogP contribution in [-0.4, -0.2) is 13.7 Å². The lowest BCUT2D eigenvalue weighted by molar-refractivity contribution is 0.354. The van der Waals surface area contributed by atoms with E-state index in [0.717, 1.165) is 34.5 Å². The number of hydrogen-bond donors (Lipinski definition) is 2. The lowest BCUT2D eigenvalue weighted by atomic mass is 10.1. The summed E-state index contributed by atoms with van der Waals surface area (Å²) in [6.45, 7) is 1.40. The number of anilines is 2. The molecule has 0 atom stereocenters. The topological polar surface area (TPSA) is 56.5 Å². The first-order valence-corrected chi connectivity index (χ1v) is 7.59. The van der Waals surface area contributed by atoms with Crippen LogP contribution in [0.2, 0.25) is 0 Å². The third-order valence-corrected chi connectivity index (χ3v) is 4.04. The van der Waals surface area contributed by atoms with E-state index >= 15 is 0 Å². The van der Waals surface area contributed by atoms with Gasteiger partial charge in [-0.2, -0.15) is 0 Å². The van der Waals surface area contributed by atoms with Crippen molar-refractivity contribution in [2.24, 2.45) is 0 Å². The SMILES string of the molecule is COc1cccc(NCc2cc(Br)cc3c2OCC3)c1N. The highest BCUT2D eigenvalue weighted by molar-refractivity contribution is 9.10. The van der Waals surface area contributed by atoms with Crippen LogP contribution in [0.3, 0.4) is 0 Å². The number of nitrogen functional groups attached to an aromatic ring is 1.